The van der Waals surface area contributed by atoms with E-state index in [1.807, 2.05) is 36.4 Å². The highest BCUT2D eigenvalue weighted by atomic mass is 19.1. The van der Waals surface area contributed by atoms with Crippen LogP contribution in [0.4, 0.5) is 4.39 Å². The standard InChI is InChI=1S/C16H18FN/c1-2-11-16(18,13-7-4-3-5-8-13)14-9-6-10-15(17)12-14/h3-10,12H,2,11,18H2,1H3. The SMILES string of the molecule is CCCC(N)(c1ccccc1)c1cccc(F)c1. The molecular weight excluding hydrogens is 225 g/mol. The molecule has 0 aliphatic carbocycles. The van der Waals surface area contributed by atoms with Gasteiger partial charge in [-0.05, 0) is 29.7 Å². The number of hydrogen-bond acceptors (Lipinski definition) is 1. The van der Waals surface area contributed by atoms with Crippen LogP contribution in [0.1, 0.15) is 30.9 Å². The summed E-state index contributed by atoms with van der Waals surface area (Å²) < 4.78 is 13.4. The lowest BCUT2D eigenvalue weighted by molar-refractivity contribution is 0.481. The first kappa shape index (κ1) is 12.8. The molecule has 0 saturated heterocycles. The molecule has 0 amide bonds. The highest BCUT2D eigenvalue weighted by Crippen LogP contribution is 2.31. The third-order valence-electron chi connectivity index (χ3n) is 3.27. The molecule has 2 heteroatoms. The maximum Gasteiger partial charge on any atom is 0.123 e. The molecule has 0 aliphatic heterocycles. The molecule has 0 bridgehead atoms. The van der Waals surface area contributed by atoms with Gasteiger partial charge in [0.15, 0.2) is 0 Å². The molecule has 0 fully saturated rings. The van der Waals surface area contributed by atoms with Crippen LogP contribution in [0, 0.1) is 5.82 Å². The van der Waals surface area contributed by atoms with Gasteiger partial charge in [-0.3, -0.25) is 0 Å². The van der Waals surface area contributed by atoms with Gasteiger partial charge in [0.2, 0.25) is 0 Å². The Bertz CT molecular complexity index is 510. The first-order chi connectivity index (χ1) is 8.66. The smallest absolute Gasteiger partial charge is 0.123 e. The quantitative estimate of drug-likeness (QED) is 0.867. The molecule has 2 N–H and O–H groups in total. The maximum absolute atomic E-state index is 13.4. The third-order valence-corrected chi connectivity index (χ3v) is 3.27. The predicted molar refractivity (Wildman–Crippen MR) is 72.7 cm³/mol. The summed E-state index contributed by atoms with van der Waals surface area (Å²) in [6.07, 6.45) is 1.74. The first-order valence-corrected chi connectivity index (χ1v) is 6.27. The minimum Gasteiger partial charge on any atom is -0.318 e. The Morgan fingerprint density at radius 1 is 1.00 bits per heavy atom. The summed E-state index contributed by atoms with van der Waals surface area (Å²) in [5, 5.41) is 0. The molecule has 1 atom stereocenters. The molecule has 0 radical (unpaired) electrons. The summed E-state index contributed by atoms with van der Waals surface area (Å²) in [5.74, 6) is -0.241. The van der Waals surface area contributed by atoms with Crippen molar-refractivity contribution >= 4 is 0 Å². The van der Waals surface area contributed by atoms with Gasteiger partial charge in [0.1, 0.15) is 5.82 Å². The van der Waals surface area contributed by atoms with Gasteiger partial charge in [-0.15, -0.1) is 0 Å². The van der Waals surface area contributed by atoms with Crippen LogP contribution in [0.25, 0.3) is 0 Å². The topological polar surface area (TPSA) is 26.0 Å². The Kier molecular flexibility index (Phi) is 3.78. The Balaban J connectivity index is 2.50. The molecular formula is C16H18FN. The minimum absolute atomic E-state index is 0.241. The van der Waals surface area contributed by atoms with Crippen molar-refractivity contribution in [2.75, 3.05) is 0 Å². The van der Waals surface area contributed by atoms with E-state index in [9.17, 15) is 4.39 Å². The number of rotatable bonds is 4. The zero-order valence-corrected chi connectivity index (χ0v) is 10.6. The normalized spacial score (nSPS) is 14.2. The molecule has 0 aromatic heterocycles. The van der Waals surface area contributed by atoms with Crippen molar-refractivity contribution in [3.8, 4) is 0 Å². The molecule has 94 valence electrons. The minimum atomic E-state index is -0.613. The van der Waals surface area contributed by atoms with Crippen molar-refractivity contribution in [3.63, 3.8) is 0 Å². The van der Waals surface area contributed by atoms with E-state index in [1.165, 1.54) is 12.1 Å². The van der Waals surface area contributed by atoms with Gasteiger partial charge in [-0.1, -0.05) is 55.8 Å². The molecule has 18 heavy (non-hydrogen) atoms. The fourth-order valence-electron chi connectivity index (χ4n) is 2.35. The van der Waals surface area contributed by atoms with Crippen molar-refractivity contribution in [1.29, 1.82) is 0 Å². The van der Waals surface area contributed by atoms with E-state index in [2.05, 4.69) is 6.92 Å². The molecule has 1 unspecified atom stereocenters. The van der Waals surface area contributed by atoms with Crippen LogP contribution in [0.3, 0.4) is 0 Å². The van der Waals surface area contributed by atoms with Crippen molar-refractivity contribution < 1.29 is 4.39 Å². The summed E-state index contributed by atoms with van der Waals surface area (Å²) in [7, 11) is 0. The fraction of sp³-hybridized carbons (Fsp3) is 0.250. The number of halogens is 1. The van der Waals surface area contributed by atoms with Crippen molar-refractivity contribution in [3.05, 3.63) is 71.5 Å². The summed E-state index contributed by atoms with van der Waals surface area (Å²) >= 11 is 0. The van der Waals surface area contributed by atoms with Gasteiger partial charge >= 0.3 is 0 Å². The molecule has 0 heterocycles. The zero-order chi connectivity index (χ0) is 13.0. The lowest BCUT2D eigenvalue weighted by Gasteiger charge is -2.30. The lowest BCUT2D eigenvalue weighted by atomic mass is 9.80. The van der Waals surface area contributed by atoms with Gasteiger partial charge < -0.3 is 5.73 Å². The largest absolute Gasteiger partial charge is 0.318 e. The Hall–Kier alpha value is -1.67. The molecule has 2 rings (SSSR count). The highest BCUT2D eigenvalue weighted by molar-refractivity contribution is 5.37. The fourth-order valence-corrected chi connectivity index (χ4v) is 2.35. The van der Waals surface area contributed by atoms with Crippen LogP contribution in [-0.2, 0) is 5.54 Å². The Morgan fingerprint density at radius 2 is 1.67 bits per heavy atom. The predicted octanol–water partition coefficient (Wildman–Crippen LogP) is 3.83. The van der Waals surface area contributed by atoms with Gasteiger partial charge in [0.05, 0.1) is 5.54 Å². The second-order valence-electron chi connectivity index (χ2n) is 4.60. The summed E-state index contributed by atoms with van der Waals surface area (Å²) in [5.41, 5.74) is 7.80. The summed E-state index contributed by atoms with van der Waals surface area (Å²) in [6, 6.07) is 16.5. The molecule has 0 aliphatic rings. The van der Waals surface area contributed by atoms with Crippen LogP contribution in [0.15, 0.2) is 54.6 Å². The second-order valence-corrected chi connectivity index (χ2v) is 4.60. The van der Waals surface area contributed by atoms with Crippen molar-refractivity contribution in [1.82, 2.24) is 0 Å². The second kappa shape index (κ2) is 5.32. The molecule has 1 nitrogen and oxygen atoms in total. The van der Waals surface area contributed by atoms with Crippen LogP contribution in [-0.4, -0.2) is 0 Å². The summed E-state index contributed by atoms with van der Waals surface area (Å²) in [4.78, 5) is 0. The monoisotopic (exact) mass is 243 g/mol. The number of nitrogens with two attached hydrogens (primary N) is 1. The van der Waals surface area contributed by atoms with Crippen molar-refractivity contribution in [2.45, 2.75) is 25.3 Å². The Morgan fingerprint density at radius 3 is 2.28 bits per heavy atom. The van der Waals surface area contributed by atoms with E-state index < -0.39 is 5.54 Å². The van der Waals surface area contributed by atoms with Crippen LogP contribution < -0.4 is 5.73 Å². The van der Waals surface area contributed by atoms with E-state index in [-0.39, 0.29) is 5.82 Å². The molecule has 2 aromatic carbocycles. The lowest BCUT2D eigenvalue weighted by Crippen LogP contribution is -2.37. The number of hydrogen-bond donors (Lipinski definition) is 1. The average molecular weight is 243 g/mol. The van der Waals surface area contributed by atoms with Gasteiger partial charge in [-0.2, -0.15) is 0 Å². The number of benzene rings is 2. The van der Waals surface area contributed by atoms with Crippen LogP contribution in [0.2, 0.25) is 0 Å². The molecule has 0 saturated carbocycles. The third kappa shape index (κ3) is 2.44. The van der Waals surface area contributed by atoms with E-state index in [4.69, 9.17) is 5.73 Å². The van der Waals surface area contributed by atoms with Gasteiger partial charge in [0.25, 0.3) is 0 Å². The van der Waals surface area contributed by atoms with Crippen molar-refractivity contribution in [2.24, 2.45) is 5.73 Å². The highest BCUT2D eigenvalue weighted by Gasteiger charge is 2.28. The van der Waals surface area contributed by atoms with Crippen LogP contribution in [0.5, 0.6) is 0 Å². The van der Waals surface area contributed by atoms with E-state index in [0.717, 1.165) is 24.0 Å². The van der Waals surface area contributed by atoms with E-state index >= 15 is 0 Å². The Labute approximate surface area is 107 Å². The van der Waals surface area contributed by atoms with Crippen LogP contribution >= 0.6 is 0 Å². The first-order valence-electron chi connectivity index (χ1n) is 6.27. The average Bonchev–Trinajstić information content (AvgIpc) is 2.40. The summed E-state index contributed by atoms with van der Waals surface area (Å²) in [6.45, 7) is 2.09. The molecule has 0 spiro atoms. The zero-order valence-electron chi connectivity index (χ0n) is 10.6. The van der Waals surface area contributed by atoms with E-state index in [0.29, 0.717) is 0 Å². The van der Waals surface area contributed by atoms with Gasteiger partial charge in [-0.25, -0.2) is 4.39 Å². The maximum atomic E-state index is 13.4. The van der Waals surface area contributed by atoms with E-state index in [1.54, 1.807) is 6.07 Å². The molecule has 2 aromatic rings. The van der Waals surface area contributed by atoms with Gasteiger partial charge in [0, 0.05) is 0 Å².